The number of H-pyrrole nitrogens is 1. The van der Waals surface area contributed by atoms with E-state index in [1.54, 1.807) is 23.1 Å². The van der Waals surface area contributed by atoms with Crippen LogP contribution in [-0.2, 0) is 19.4 Å². The number of halogens is 3. The first-order chi connectivity index (χ1) is 17.8. The molecule has 2 N–H and O–H groups in total. The van der Waals surface area contributed by atoms with Crippen molar-refractivity contribution < 1.29 is 27.8 Å². The Morgan fingerprint density at radius 3 is 2.46 bits per heavy atom. The Morgan fingerprint density at radius 2 is 1.78 bits per heavy atom. The summed E-state index contributed by atoms with van der Waals surface area (Å²) in [5.41, 5.74) is 2.67. The van der Waals surface area contributed by atoms with Gasteiger partial charge in [-0.2, -0.15) is 13.2 Å². The van der Waals surface area contributed by atoms with Gasteiger partial charge in [-0.05, 0) is 60.9 Å². The van der Waals surface area contributed by atoms with Crippen LogP contribution >= 0.6 is 0 Å². The number of aromatic nitrogens is 2. The SMILES string of the molecule is O=C(c1ccc(OCc2ccc(C(F)(F)F)cc2)c(CO)c1)N1CCC(c2nc3ccccc3[nH]2)CC1. The van der Waals surface area contributed by atoms with Crippen molar-refractivity contribution in [1.29, 1.82) is 0 Å². The molecule has 0 bridgehead atoms. The lowest BCUT2D eigenvalue weighted by Gasteiger charge is -2.31. The van der Waals surface area contributed by atoms with E-state index in [2.05, 4.69) is 4.98 Å². The minimum Gasteiger partial charge on any atom is -0.489 e. The van der Waals surface area contributed by atoms with Gasteiger partial charge in [0.25, 0.3) is 5.91 Å². The predicted molar refractivity (Wildman–Crippen MR) is 132 cm³/mol. The lowest BCUT2D eigenvalue weighted by atomic mass is 9.95. The third-order valence-corrected chi connectivity index (χ3v) is 6.73. The van der Waals surface area contributed by atoms with Crippen LogP contribution in [0.5, 0.6) is 5.75 Å². The summed E-state index contributed by atoms with van der Waals surface area (Å²) in [7, 11) is 0. The number of fused-ring (bicyclic) bond motifs is 1. The summed E-state index contributed by atoms with van der Waals surface area (Å²) < 4.78 is 44.0. The first-order valence-corrected chi connectivity index (χ1v) is 12.1. The van der Waals surface area contributed by atoms with Gasteiger partial charge in [0.15, 0.2) is 0 Å². The maximum atomic E-state index is 13.1. The van der Waals surface area contributed by atoms with Gasteiger partial charge in [-0.15, -0.1) is 0 Å². The quantitative estimate of drug-likeness (QED) is 0.351. The van der Waals surface area contributed by atoms with E-state index in [0.29, 0.717) is 35.5 Å². The van der Waals surface area contributed by atoms with Crippen molar-refractivity contribution in [3.8, 4) is 5.75 Å². The average Bonchev–Trinajstić information content (AvgIpc) is 3.36. The fraction of sp³-hybridized carbons (Fsp3) is 0.286. The maximum absolute atomic E-state index is 13.1. The third kappa shape index (κ3) is 5.46. The van der Waals surface area contributed by atoms with E-state index >= 15 is 0 Å². The number of nitrogens with zero attached hydrogens (tertiary/aromatic N) is 2. The standard InChI is InChI=1S/C28H26F3N3O3/c29-28(30,31)22-8-5-18(6-9-22)17-37-25-10-7-20(15-21(25)16-35)27(36)34-13-11-19(12-14-34)26-32-23-3-1-2-4-24(23)33-26/h1-10,15,19,35H,11-14,16-17H2,(H,32,33). The van der Waals surface area contributed by atoms with Crippen molar-refractivity contribution in [2.24, 2.45) is 0 Å². The molecular weight excluding hydrogens is 483 g/mol. The van der Waals surface area contributed by atoms with E-state index in [4.69, 9.17) is 9.72 Å². The monoisotopic (exact) mass is 509 g/mol. The first kappa shape index (κ1) is 24.8. The number of imidazole rings is 1. The molecule has 0 spiro atoms. The number of likely N-dealkylation sites (tertiary alicyclic amines) is 1. The summed E-state index contributed by atoms with van der Waals surface area (Å²) in [6, 6.07) is 17.5. The zero-order valence-corrected chi connectivity index (χ0v) is 20.0. The smallest absolute Gasteiger partial charge is 0.416 e. The highest BCUT2D eigenvalue weighted by Crippen LogP contribution is 2.31. The molecule has 192 valence electrons. The second-order valence-electron chi connectivity index (χ2n) is 9.17. The molecule has 1 aromatic heterocycles. The molecule has 0 radical (unpaired) electrons. The van der Waals surface area contributed by atoms with E-state index < -0.39 is 11.7 Å². The highest BCUT2D eigenvalue weighted by molar-refractivity contribution is 5.94. The number of nitrogens with one attached hydrogen (secondary N) is 1. The Balaban J connectivity index is 1.20. The number of hydrogen-bond donors (Lipinski definition) is 2. The van der Waals surface area contributed by atoms with Crippen LogP contribution in [0.4, 0.5) is 13.2 Å². The van der Waals surface area contributed by atoms with E-state index in [0.717, 1.165) is 41.8 Å². The molecule has 0 unspecified atom stereocenters. The second kappa shape index (κ2) is 10.3. The summed E-state index contributed by atoms with van der Waals surface area (Å²) in [6.45, 7) is 0.897. The Hall–Kier alpha value is -3.85. The lowest BCUT2D eigenvalue weighted by molar-refractivity contribution is -0.137. The van der Waals surface area contributed by atoms with E-state index in [9.17, 15) is 23.1 Å². The highest BCUT2D eigenvalue weighted by Gasteiger charge is 2.30. The lowest BCUT2D eigenvalue weighted by Crippen LogP contribution is -2.38. The molecule has 3 aromatic carbocycles. The van der Waals surface area contributed by atoms with Crippen molar-refractivity contribution in [2.45, 2.75) is 38.1 Å². The minimum absolute atomic E-state index is 0.0355. The van der Waals surface area contributed by atoms with Gasteiger partial charge in [0.05, 0.1) is 23.2 Å². The number of para-hydroxylation sites is 2. The topological polar surface area (TPSA) is 78.5 Å². The van der Waals surface area contributed by atoms with Crippen molar-refractivity contribution in [2.75, 3.05) is 13.1 Å². The number of hydrogen-bond acceptors (Lipinski definition) is 4. The van der Waals surface area contributed by atoms with Gasteiger partial charge in [-0.25, -0.2) is 4.98 Å². The Bertz CT molecular complexity index is 1360. The number of aliphatic hydroxyl groups excluding tert-OH is 1. The van der Waals surface area contributed by atoms with Crippen LogP contribution in [0.15, 0.2) is 66.7 Å². The van der Waals surface area contributed by atoms with E-state index in [1.165, 1.54) is 12.1 Å². The normalized spacial score (nSPS) is 14.8. The number of amides is 1. The van der Waals surface area contributed by atoms with Crippen molar-refractivity contribution in [1.82, 2.24) is 14.9 Å². The molecule has 1 fully saturated rings. The van der Waals surface area contributed by atoms with E-state index in [1.807, 2.05) is 24.3 Å². The fourth-order valence-corrected chi connectivity index (χ4v) is 4.63. The van der Waals surface area contributed by atoms with Crippen LogP contribution in [0.1, 0.15) is 51.6 Å². The number of piperidine rings is 1. The molecule has 37 heavy (non-hydrogen) atoms. The summed E-state index contributed by atoms with van der Waals surface area (Å²) in [5.74, 6) is 1.46. The molecule has 5 rings (SSSR count). The van der Waals surface area contributed by atoms with Crippen LogP contribution in [0.2, 0.25) is 0 Å². The highest BCUT2D eigenvalue weighted by atomic mass is 19.4. The van der Waals surface area contributed by atoms with Gasteiger partial charge in [0.2, 0.25) is 0 Å². The number of aliphatic hydroxyl groups is 1. The van der Waals surface area contributed by atoms with Crippen molar-refractivity contribution in [3.63, 3.8) is 0 Å². The number of alkyl halides is 3. The molecule has 0 saturated carbocycles. The zero-order valence-electron chi connectivity index (χ0n) is 20.0. The summed E-state index contributed by atoms with van der Waals surface area (Å²) in [6.07, 6.45) is -2.80. The minimum atomic E-state index is -4.39. The molecule has 6 nitrogen and oxygen atoms in total. The molecule has 4 aromatic rings. The van der Waals surface area contributed by atoms with Gasteiger partial charge >= 0.3 is 6.18 Å². The van der Waals surface area contributed by atoms with Crippen LogP contribution in [-0.4, -0.2) is 39.0 Å². The molecule has 1 saturated heterocycles. The van der Waals surface area contributed by atoms with Gasteiger partial charge in [-0.1, -0.05) is 24.3 Å². The number of benzene rings is 3. The van der Waals surface area contributed by atoms with Crippen molar-refractivity contribution >= 4 is 16.9 Å². The number of rotatable bonds is 6. The fourth-order valence-electron chi connectivity index (χ4n) is 4.63. The van der Waals surface area contributed by atoms with Crippen LogP contribution < -0.4 is 4.74 Å². The molecule has 1 aliphatic heterocycles. The molecule has 0 atom stereocenters. The summed E-state index contributed by atoms with van der Waals surface area (Å²) >= 11 is 0. The Kier molecular flexibility index (Phi) is 6.88. The molecule has 9 heteroatoms. The van der Waals surface area contributed by atoms with E-state index in [-0.39, 0.29) is 25.0 Å². The summed E-state index contributed by atoms with van der Waals surface area (Å²) in [4.78, 5) is 23.0. The first-order valence-electron chi connectivity index (χ1n) is 12.1. The van der Waals surface area contributed by atoms with Crippen LogP contribution in [0.25, 0.3) is 11.0 Å². The second-order valence-corrected chi connectivity index (χ2v) is 9.17. The zero-order chi connectivity index (χ0) is 26.0. The van der Waals surface area contributed by atoms with Crippen molar-refractivity contribution in [3.05, 3.63) is 94.8 Å². The molecule has 2 heterocycles. The van der Waals surface area contributed by atoms with Gasteiger partial charge < -0.3 is 19.7 Å². The third-order valence-electron chi connectivity index (χ3n) is 6.73. The molecule has 0 aliphatic carbocycles. The number of aromatic amines is 1. The Morgan fingerprint density at radius 1 is 1.05 bits per heavy atom. The predicted octanol–water partition coefficient (Wildman–Crippen LogP) is 5.67. The van der Waals surface area contributed by atoms with Gasteiger partial charge in [0, 0.05) is 30.1 Å². The number of carbonyl (C=O) groups is 1. The van der Waals surface area contributed by atoms with Crippen LogP contribution in [0, 0.1) is 0 Å². The summed E-state index contributed by atoms with van der Waals surface area (Å²) in [5, 5.41) is 9.84. The molecular formula is C28H26F3N3O3. The molecule has 1 aliphatic rings. The molecule has 1 amide bonds. The largest absolute Gasteiger partial charge is 0.489 e. The van der Waals surface area contributed by atoms with Gasteiger partial charge in [-0.3, -0.25) is 4.79 Å². The number of ether oxygens (including phenoxy) is 1. The average molecular weight is 510 g/mol. The maximum Gasteiger partial charge on any atom is 0.416 e. The Labute approximate surface area is 211 Å². The van der Waals surface area contributed by atoms with Crippen LogP contribution in [0.3, 0.4) is 0 Å². The number of carbonyl (C=O) groups excluding carboxylic acids is 1. The van der Waals surface area contributed by atoms with Gasteiger partial charge in [0.1, 0.15) is 18.2 Å².